The molecule has 3 aromatic rings. The van der Waals surface area contributed by atoms with E-state index >= 15 is 0 Å². The molecular weight excluding hydrogens is 517 g/mol. The zero-order chi connectivity index (χ0) is 27.7. The van der Waals surface area contributed by atoms with E-state index in [9.17, 15) is 0 Å². The molecule has 0 saturated carbocycles. The first-order chi connectivity index (χ1) is 20.3. The third kappa shape index (κ3) is 7.49. The second kappa shape index (κ2) is 14.0. The second-order valence-electron chi connectivity index (χ2n) is 11.6. The van der Waals surface area contributed by atoms with E-state index in [0.717, 1.165) is 44.5 Å². The van der Waals surface area contributed by atoms with Crippen LogP contribution in [0.1, 0.15) is 48.8 Å². The highest BCUT2D eigenvalue weighted by Gasteiger charge is 2.21. The highest BCUT2D eigenvalue weighted by Crippen LogP contribution is 2.33. The summed E-state index contributed by atoms with van der Waals surface area (Å²) < 4.78 is 6.82. The summed E-state index contributed by atoms with van der Waals surface area (Å²) in [5.41, 5.74) is 5.42. The largest absolute Gasteiger partial charge is 0.488 e. The Morgan fingerprint density at radius 3 is 2.12 bits per heavy atom. The lowest BCUT2D eigenvalue weighted by Gasteiger charge is -2.31. The molecule has 41 heavy (non-hydrogen) atoms. The van der Waals surface area contributed by atoms with Gasteiger partial charge in [-0.05, 0) is 85.6 Å². The molecule has 1 fully saturated rings. The molecular formula is C38H42NOP. The Kier molecular flexibility index (Phi) is 9.50. The van der Waals surface area contributed by atoms with E-state index in [1.807, 2.05) is 0 Å². The molecule has 0 bridgehead atoms. The third-order valence-corrected chi connectivity index (χ3v) is 9.77. The number of rotatable bonds is 10. The minimum Gasteiger partial charge on any atom is -0.488 e. The molecule has 1 aliphatic heterocycles. The standard InChI is InChI=1S/C38H42NOP/c1-5-15-30(16-6-1)25-33-27-34(26-31-17-7-2-8-18-31)38(40-29-32-19-9-3-10-20-32)37(28-33)41-36-22-12-11-21-35(36)39-23-13-4-14-24-39/h1-3,5-12,15,17,19-22,27-28,30-31,41H,4,13-14,16,18,23-26,29H2. The van der Waals surface area contributed by atoms with E-state index in [2.05, 4.69) is 120 Å². The fourth-order valence-electron chi connectivity index (χ4n) is 6.30. The number of anilines is 1. The molecule has 3 aliphatic rings. The summed E-state index contributed by atoms with van der Waals surface area (Å²) in [6, 6.07) is 24.6. The van der Waals surface area contributed by atoms with E-state index in [-0.39, 0.29) is 0 Å². The van der Waals surface area contributed by atoms with Crippen LogP contribution in [-0.2, 0) is 19.4 Å². The van der Waals surface area contributed by atoms with Gasteiger partial charge in [0.15, 0.2) is 0 Å². The van der Waals surface area contributed by atoms with Crippen LogP contribution < -0.4 is 20.2 Å². The Bertz CT molecular complexity index is 1410. The molecule has 2 nitrogen and oxygen atoms in total. The van der Waals surface area contributed by atoms with Gasteiger partial charge in [-0.25, -0.2) is 0 Å². The predicted octanol–water partition coefficient (Wildman–Crippen LogP) is 8.23. The summed E-state index contributed by atoms with van der Waals surface area (Å²) in [5, 5.41) is 2.78. The van der Waals surface area contributed by atoms with Crippen LogP contribution in [-0.4, -0.2) is 13.1 Å². The number of allylic oxidation sites excluding steroid dienone is 8. The van der Waals surface area contributed by atoms with Crippen LogP contribution in [0.5, 0.6) is 5.75 Å². The first kappa shape index (κ1) is 27.8. The van der Waals surface area contributed by atoms with E-state index in [1.165, 1.54) is 52.2 Å². The molecule has 0 aromatic heterocycles. The molecule has 1 heterocycles. The van der Waals surface area contributed by atoms with Gasteiger partial charge in [-0.1, -0.05) is 112 Å². The van der Waals surface area contributed by atoms with Crippen LogP contribution in [0.3, 0.4) is 0 Å². The average Bonchev–Trinajstić information content (AvgIpc) is 3.03. The van der Waals surface area contributed by atoms with Gasteiger partial charge in [0, 0.05) is 29.4 Å². The molecule has 3 heteroatoms. The Hall–Kier alpha value is -3.35. The van der Waals surface area contributed by atoms with Crippen molar-refractivity contribution in [2.24, 2.45) is 11.8 Å². The Labute approximate surface area is 248 Å². The van der Waals surface area contributed by atoms with Crippen LogP contribution in [0.25, 0.3) is 0 Å². The zero-order valence-electron chi connectivity index (χ0n) is 24.1. The predicted molar refractivity (Wildman–Crippen MR) is 177 cm³/mol. The molecule has 1 saturated heterocycles. The van der Waals surface area contributed by atoms with Crippen LogP contribution in [0.2, 0.25) is 0 Å². The number of hydrogen-bond acceptors (Lipinski definition) is 2. The molecule has 0 spiro atoms. The quantitative estimate of drug-likeness (QED) is 0.232. The van der Waals surface area contributed by atoms with Gasteiger partial charge in [0.2, 0.25) is 0 Å². The van der Waals surface area contributed by atoms with Crippen molar-refractivity contribution in [2.75, 3.05) is 18.0 Å². The molecule has 3 aromatic carbocycles. The summed E-state index contributed by atoms with van der Waals surface area (Å²) in [4.78, 5) is 2.61. The van der Waals surface area contributed by atoms with Gasteiger partial charge in [-0.3, -0.25) is 0 Å². The topological polar surface area (TPSA) is 12.5 Å². The van der Waals surface area contributed by atoms with Crippen LogP contribution in [0.4, 0.5) is 5.69 Å². The van der Waals surface area contributed by atoms with Gasteiger partial charge in [-0.2, -0.15) is 0 Å². The van der Waals surface area contributed by atoms with Gasteiger partial charge in [0.25, 0.3) is 0 Å². The smallest absolute Gasteiger partial charge is 0.130 e. The SMILES string of the molecule is C1=CCC(Cc2cc(CC3C=CC=CC3)c(OCc3ccccc3)c(Pc3ccccc3N3CCCCC3)c2)C=C1. The maximum atomic E-state index is 6.82. The van der Waals surface area contributed by atoms with Crippen molar-refractivity contribution in [3.8, 4) is 5.75 Å². The Morgan fingerprint density at radius 1 is 0.683 bits per heavy atom. The lowest BCUT2D eigenvalue weighted by molar-refractivity contribution is 0.304. The van der Waals surface area contributed by atoms with Crippen molar-refractivity contribution in [3.63, 3.8) is 0 Å². The maximum absolute atomic E-state index is 6.82. The molecule has 0 amide bonds. The number of hydrogen-bond donors (Lipinski definition) is 0. The normalized spacial score (nSPS) is 20.2. The second-order valence-corrected chi connectivity index (χ2v) is 12.9. The summed E-state index contributed by atoms with van der Waals surface area (Å²) >= 11 is 0. The van der Waals surface area contributed by atoms with E-state index in [4.69, 9.17) is 4.74 Å². The average molecular weight is 560 g/mol. The van der Waals surface area contributed by atoms with Crippen LogP contribution in [0.15, 0.2) is 115 Å². The highest BCUT2D eigenvalue weighted by atomic mass is 31.1. The fraction of sp³-hybridized carbons (Fsp3) is 0.316. The van der Waals surface area contributed by atoms with Crippen molar-refractivity contribution in [2.45, 2.75) is 51.6 Å². The molecule has 2 aliphatic carbocycles. The van der Waals surface area contributed by atoms with Gasteiger partial charge in [0.05, 0.1) is 0 Å². The third-order valence-electron chi connectivity index (χ3n) is 8.44. The number of para-hydroxylation sites is 1. The van der Waals surface area contributed by atoms with E-state index in [0.29, 0.717) is 27.0 Å². The lowest BCUT2D eigenvalue weighted by Crippen LogP contribution is -2.32. The molecule has 210 valence electrons. The summed E-state index contributed by atoms with van der Waals surface area (Å²) in [7, 11) is 0.553. The molecule has 6 rings (SSSR count). The summed E-state index contributed by atoms with van der Waals surface area (Å²) in [5.74, 6) is 2.16. The van der Waals surface area contributed by atoms with Crippen LogP contribution in [0, 0.1) is 11.8 Å². The van der Waals surface area contributed by atoms with Crippen molar-refractivity contribution < 1.29 is 4.74 Å². The minimum atomic E-state index is 0.503. The molecule has 0 N–H and O–H groups in total. The van der Waals surface area contributed by atoms with E-state index in [1.54, 1.807) is 0 Å². The molecule has 0 radical (unpaired) electrons. The number of nitrogens with zero attached hydrogens (tertiary/aromatic N) is 1. The van der Waals surface area contributed by atoms with Gasteiger partial charge in [0.1, 0.15) is 12.4 Å². The minimum absolute atomic E-state index is 0.503. The maximum Gasteiger partial charge on any atom is 0.130 e. The summed E-state index contributed by atoms with van der Waals surface area (Å²) in [6.07, 6.45) is 26.3. The molecule has 3 atom stereocenters. The van der Waals surface area contributed by atoms with E-state index < -0.39 is 0 Å². The van der Waals surface area contributed by atoms with Crippen molar-refractivity contribution in [1.29, 1.82) is 0 Å². The number of benzene rings is 3. The highest BCUT2D eigenvalue weighted by molar-refractivity contribution is 7.56. The first-order valence-electron chi connectivity index (χ1n) is 15.4. The first-order valence-corrected chi connectivity index (χ1v) is 16.4. The lowest BCUT2D eigenvalue weighted by atomic mass is 9.89. The van der Waals surface area contributed by atoms with Crippen molar-refractivity contribution in [1.82, 2.24) is 0 Å². The molecule has 3 unspecified atom stereocenters. The van der Waals surface area contributed by atoms with Gasteiger partial charge in [-0.15, -0.1) is 0 Å². The van der Waals surface area contributed by atoms with Gasteiger partial charge < -0.3 is 9.64 Å². The van der Waals surface area contributed by atoms with Gasteiger partial charge >= 0.3 is 0 Å². The fourth-order valence-corrected chi connectivity index (χ4v) is 7.75. The Balaban J connectivity index is 1.38. The summed E-state index contributed by atoms with van der Waals surface area (Å²) in [6.45, 7) is 2.91. The zero-order valence-corrected chi connectivity index (χ0v) is 25.1. The van der Waals surface area contributed by atoms with Crippen molar-refractivity contribution in [3.05, 3.63) is 132 Å². The Morgan fingerprint density at radius 2 is 1.39 bits per heavy atom. The number of ether oxygens (including phenoxy) is 1. The van der Waals surface area contributed by atoms with Crippen LogP contribution >= 0.6 is 8.58 Å². The monoisotopic (exact) mass is 559 g/mol. The number of piperidine rings is 1. The van der Waals surface area contributed by atoms with Crippen molar-refractivity contribution >= 4 is 24.9 Å².